The number of hydrogen-bond donors (Lipinski definition) is 1. The number of halogens is 5. The smallest absolute Gasteiger partial charge is 0.236 e. The van der Waals surface area contributed by atoms with Crippen LogP contribution in [0.15, 0.2) is 45.1 Å². The molecule has 0 fully saturated rings. The number of nitrogens with zero attached hydrogens (tertiary/aromatic N) is 1. The lowest BCUT2D eigenvalue weighted by Gasteiger charge is -2.18. The van der Waals surface area contributed by atoms with Crippen LogP contribution in [0.5, 0.6) is 0 Å². The van der Waals surface area contributed by atoms with Gasteiger partial charge in [-0.15, -0.1) is 11.3 Å². The molecule has 0 unspecified atom stereocenters. The van der Waals surface area contributed by atoms with Crippen LogP contribution in [0.1, 0.15) is 18.5 Å². The highest BCUT2D eigenvalue weighted by atomic mass is 35.5. The molecule has 148 valence electrons. The lowest BCUT2D eigenvalue weighted by molar-refractivity contribution is 0.488. The second-order valence-corrected chi connectivity index (χ2v) is 9.11. The van der Waals surface area contributed by atoms with Gasteiger partial charge in [-0.1, -0.05) is 11.6 Å². The van der Waals surface area contributed by atoms with Gasteiger partial charge in [-0.2, -0.15) is 0 Å². The maximum atomic E-state index is 14.5. The van der Waals surface area contributed by atoms with E-state index in [1.807, 2.05) is 0 Å². The van der Waals surface area contributed by atoms with Crippen molar-refractivity contribution in [3.05, 3.63) is 69.7 Å². The molecular weight excluding hydrogens is 440 g/mol. The molecule has 0 aliphatic carbocycles. The number of sulfone groups is 1. The van der Waals surface area contributed by atoms with Crippen molar-refractivity contribution in [2.75, 3.05) is 5.32 Å². The Morgan fingerprint density at radius 2 is 1.71 bits per heavy atom. The number of aromatic nitrogens is 1. The van der Waals surface area contributed by atoms with Gasteiger partial charge >= 0.3 is 0 Å². The summed E-state index contributed by atoms with van der Waals surface area (Å²) < 4.78 is 79.4. The second-order valence-electron chi connectivity index (χ2n) is 5.72. The van der Waals surface area contributed by atoms with Gasteiger partial charge in [0, 0.05) is 23.2 Å². The first-order chi connectivity index (χ1) is 13.1. The number of thiazole rings is 1. The third kappa shape index (κ3) is 3.85. The highest BCUT2D eigenvalue weighted by molar-refractivity contribution is 7.93. The molecule has 1 atom stereocenters. The van der Waals surface area contributed by atoms with Gasteiger partial charge in [-0.05, 0) is 25.1 Å². The normalized spacial score (nSPS) is 12.8. The van der Waals surface area contributed by atoms with Crippen molar-refractivity contribution in [3.8, 4) is 0 Å². The Morgan fingerprint density at radius 1 is 1.04 bits per heavy atom. The molecule has 0 spiro atoms. The fraction of sp³-hybridized carbons (Fsp3) is 0.118. The summed E-state index contributed by atoms with van der Waals surface area (Å²) >= 11 is 6.88. The van der Waals surface area contributed by atoms with Crippen molar-refractivity contribution in [1.82, 2.24) is 4.98 Å². The maximum Gasteiger partial charge on any atom is 0.236 e. The second kappa shape index (κ2) is 7.69. The zero-order chi connectivity index (χ0) is 20.6. The molecule has 3 rings (SSSR count). The summed E-state index contributed by atoms with van der Waals surface area (Å²) in [6, 6.07) is 1.89. The van der Waals surface area contributed by atoms with Crippen molar-refractivity contribution >= 4 is 38.5 Å². The van der Waals surface area contributed by atoms with Crippen LogP contribution >= 0.6 is 22.9 Å². The van der Waals surface area contributed by atoms with Gasteiger partial charge in [0.25, 0.3) is 0 Å². The molecular formula is C17H11ClF4N2O2S2. The molecule has 0 aliphatic heterocycles. The summed E-state index contributed by atoms with van der Waals surface area (Å²) in [5.74, 6) is -4.68. The van der Waals surface area contributed by atoms with Crippen LogP contribution in [0.3, 0.4) is 0 Å². The summed E-state index contributed by atoms with van der Waals surface area (Å²) in [6.07, 6.45) is 1.27. The molecule has 0 radical (unpaired) electrons. The van der Waals surface area contributed by atoms with E-state index in [0.717, 1.165) is 23.5 Å². The van der Waals surface area contributed by atoms with Crippen molar-refractivity contribution in [1.29, 1.82) is 0 Å². The first-order valence-electron chi connectivity index (χ1n) is 7.66. The maximum absolute atomic E-state index is 14.5. The average molecular weight is 451 g/mol. The molecule has 11 heteroatoms. The number of anilines is 1. The minimum atomic E-state index is -4.19. The van der Waals surface area contributed by atoms with E-state index < -0.39 is 44.0 Å². The molecule has 4 nitrogen and oxygen atoms in total. The molecule has 3 aromatic rings. The summed E-state index contributed by atoms with van der Waals surface area (Å²) in [5.41, 5.74) is -0.260. The summed E-state index contributed by atoms with van der Waals surface area (Å²) in [6.45, 7) is 1.42. The quantitative estimate of drug-likeness (QED) is 0.420. The fourth-order valence-corrected chi connectivity index (χ4v) is 5.02. The predicted molar refractivity (Wildman–Crippen MR) is 97.3 cm³/mol. The number of benzene rings is 2. The third-order valence-electron chi connectivity index (χ3n) is 3.83. The van der Waals surface area contributed by atoms with Gasteiger partial charge in [0.1, 0.15) is 16.5 Å². The number of nitrogens with one attached hydrogen (secondary N) is 1. The highest BCUT2D eigenvalue weighted by Gasteiger charge is 2.26. The molecule has 0 saturated heterocycles. The Bertz CT molecular complexity index is 1140. The average Bonchev–Trinajstić information content (AvgIpc) is 3.16. The SMILES string of the molecule is C[C@H](Nc1cc(F)c(S(=O)(=O)c2nccs2)cc1Cl)c1cc(F)c(F)cc1F. The van der Waals surface area contributed by atoms with Gasteiger partial charge in [0.15, 0.2) is 11.6 Å². The minimum Gasteiger partial charge on any atom is -0.377 e. The fourth-order valence-electron chi connectivity index (χ4n) is 2.46. The summed E-state index contributed by atoms with van der Waals surface area (Å²) in [7, 11) is -4.19. The van der Waals surface area contributed by atoms with Gasteiger partial charge < -0.3 is 5.32 Å². The zero-order valence-corrected chi connectivity index (χ0v) is 16.4. The van der Waals surface area contributed by atoms with Crippen LogP contribution in [-0.4, -0.2) is 13.4 Å². The standard InChI is InChI=1S/C17H11ClF4N2O2S2/c1-8(9-4-12(20)13(21)6-11(9)19)24-15-7-14(22)16(5-10(15)18)28(25,26)17-23-2-3-27-17/h2-8,24H,1H3/t8-/m0/s1. The Morgan fingerprint density at radius 3 is 2.36 bits per heavy atom. The summed E-state index contributed by atoms with van der Waals surface area (Å²) in [4.78, 5) is 3.01. The van der Waals surface area contributed by atoms with Crippen LogP contribution in [0.2, 0.25) is 5.02 Å². The highest BCUT2D eigenvalue weighted by Crippen LogP contribution is 2.34. The largest absolute Gasteiger partial charge is 0.377 e. The Hall–Kier alpha value is -2.17. The van der Waals surface area contributed by atoms with Crippen molar-refractivity contribution in [2.24, 2.45) is 0 Å². The predicted octanol–water partition coefficient (Wildman–Crippen LogP) is 5.36. The van der Waals surface area contributed by atoms with Crippen LogP contribution in [0.25, 0.3) is 0 Å². The number of rotatable bonds is 5. The molecule has 0 bridgehead atoms. The topological polar surface area (TPSA) is 59.1 Å². The van der Waals surface area contributed by atoms with Crippen LogP contribution < -0.4 is 5.32 Å². The lowest BCUT2D eigenvalue weighted by atomic mass is 10.1. The van der Waals surface area contributed by atoms with Crippen LogP contribution in [0, 0.1) is 23.3 Å². The van der Waals surface area contributed by atoms with E-state index in [1.165, 1.54) is 18.5 Å². The Kier molecular flexibility index (Phi) is 5.64. The summed E-state index contributed by atoms with van der Waals surface area (Å²) in [5, 5.41) is 3.93. The van der Waals surface area contributed by atoms with E-state index in [1.54, 1.807) is 0 Å². The molecule has 28 heavy (non-hydrogen) atoms. The van der Waals surface area contributed by atoms with E-state index in [2.05, 4.69) is 10.3 Å². The number of hydrogen-bond acceptors (Lipinski definition) is 5. The van der Waals surface area contributed by atoms with Crippen molar-refractivity contribution in [3.63, 3.8) is 0 Å². The van der Waals surface area contributed by atoms with E-state index in [4.69, 9.17) is 11.6 Å². The molecule has 1 aromatic heterocycles. The molecule has 0 saturated carbocycles. The molecule has 0 aliphatic rings. The van der Waals surface area contributed by atoms with E-state index in [0.29, 0.717) is 12.1 Å². The Labute approximate surface area is 166 Å². The van der Waals surface area contributed by atoms with Gasteiger partial charge in [0.2, 0.25) is 14.2 Å². The van der Waals surface area contributed by atoms with E-state index >= 15 is 0 Å². The molecule has 1 heterocycles. The first-order valence-corrected chi connectivity index (χ1v) is 10.4. The Balaban J connectivity index is 1.95. The molecule has 1 N–H and O–H groups in total. The molecule has 2 aromatic carbocycles. The van der Waals surface area contributed by atoms with Crippen LogP contribution in [0.4, 0.5) is 23.2 Å². The van der Waals surface area contributed by atoms with E-state index in [-0.39, 0.29) is 20.6 Å². The first kappa shape index (κ1) is 20.6. The van der Waals surface area contributed by atoms with Crippen molar-refractivity contribution in [2.45, 2.75) is 22.2 Å². The van der Waals surface area contributed by atoms with E-state index in [9.17, 15) is 26.0 Å². The third-order valence-corrected chi connectivity index (χ3v) is 7.11. The van der Waals surface area contributed by atoms with Crippen LogP contribution in [-0.2, 0) is 9.84 Å². The van der Waals surface area contributed by atoms with Gasteiger partial charge in [-0.3, -0.25) is 0 Å². The van der Waals surface area contributed by atoms with Gasteiger partial charge in [-0.25, -0.2) is 31.0 Å². The lowest BCUT2D eigenvalue weighted by Crippen LogP contribution is -2.11. The zero-order valence-electron chi connectivity index (χ0n) is 14.0. The minimum absolute atomic E-state index is 0.0473. The van der Waals surface area contributed by atoms with Gasteiger partial charge in [0.05, 0.1) is 16.8 Å². The molecule has 0 amide bonds. The van der Waals surface area contributed by atoms with Crippen molar-refractivity contribution < 1.29 is 26.0 Å². The monoisotopic (exact) mass is 450 g/mol.